The van der Waals surface area contributed by atoms with Crippen LogP contribution in [0.1, 0.15) is 12.0 Å². The summed E-state index contributed by atoms with van der Waals surface area (Å²) in [6.45, 7) is 3.16. The van der Waals surface area contributed by atoms with Gasteiger partial charge in [0.05, 0.1) is 5.00 Å². The highest BCUT2D eigenvalue weighted by atomic mass is 32.1. The van der Waals surface area contributed by atoms with Crippen molar-refractivity contribution in [3.05, 3.63) is 17.0 Å². The molecule has 0 atom stereocenters. The topological polar surface area (TPSA) is 12.0 Å². The van der Waals surface area contributed by atoms with E-state index in [1.165, 1.54) is 10.6 Å². The lowest BCUT2D eigenvalue weighted by atomic mass is 10.3. The second-order valence-electron chi connectivity index (χ2n) is 2.44. The zero-order valence-electron chi connectivity index (χ0n) is 6.63. The Kier molecular flexibility index (Phi) is 3.80. The van der Waals surface area contributed by atoms with Crippen LogP contribution in [-0.2, 0) is 0 Å². The zero-order chi connectivity index (χ0) is 8.10. The quantitative estimate of drug-likeness (QED) is 0.545. The highest BCUT2D eigenvalue weighted by Crippen LogP contribution is 2.21. The summed E-state index contributed by atoms with van der Waals surface area (Å²) in [6.07, 6.45) is 1.13. The summed E-state index contributed by atoms with van der Waals surface area (Å²) in [5.74, 6) is 0.956. The number of hydrogen-bond donors (Lipinski definition) is 2. The summed E-state index contributed by atoms with van der Waals surface area (Å²) in [5, 5.41) is 6.77. The summed E-state index contributed by atoms with van der Waals surface area (Å²) in [5.41, 5.74) is 1.34. The third-order valence-corrected chi connectivity index (χ3v) is 2.77. The lowest BCUT2D eigenvalue weighted by Crippen LogP contribution is -2.00. The Hall–Kier alpha value is -0.150. The molecule has 0 fully saturated rings. The molecule has 0 amide bonds. The van der Waals surface area contributed by atoms with Gasteiger partial charge in [0, 0.05) is 6.54 Å². The van der Waals surface area contributed by atoms with E-state index in [9.17, 15) is 0 Å². The van der Waals surface area contributed by atoms with E-state index in [0.29, 0.717) is 0 Å². The van der Waals surface area contributed by atoms with E-state index in [1.807, 2.05) is 0 Å². The van der Waals surface area contributed by atoms with Crippen LogP contribution in [0.15, 0.2) is 11.4 Å². The first-order valence-corrected chi connectivity index (χ1v) is 5.24. The minimum Gasteiger partial charge on any atom is -0.377 e. The Labute approximate surface area is 77.2 Å². The van der Waals surface area contributed by atoms with Gasteiger partial charge in [-0.1, -0.05) is 0 Å². The standard InChI is InChI=1S/C8H13NS2/c1-7-3-6-11-8(7)9-4-2-5-10/h3,6,9-10H,2,4-5H2,1H3. The predicted octanol–water partition coefficient (Wildman–Crippen LogP) is 2.79. The molecule has 1 nitrogen and oxygen atoms in total. The van der Waals surface area contributed by atoms with Gasteiger partial charge in [0.2, 0.25) is 0 Å². The lowest BCUT2D eigenvalue weighted by molar-refractivity contribution is 0.998. The number of nitrogens with one attached hydrogen (secondary N) is 1. The predicted molar refractivity (Wildman–Crippen MR) is 56.0 cm³/mol. The number of thiol groups is 1. The van der Waals surface area contributed by atoms with Crippen molar-refractivity contribution in [1.82, 2.24) is 0 Å². The first-order chi connectivity index (χ1) is 5.34. The highest BCUT2D eigenvalue weighted by molar-refractivity contribution is 7.80. The van der Waals surface area contributed by atoms with Crippen molar-refractivity contribution in [3.63, 3.8) is 0 Å². The van der Waals surface area contributed by atoms with Crippen molar-refractivity contribution in [2.75, 3.05) is 17.6 Å². The van der Waals surface area contributed by atoms with E-state index in [-0.39, 0.29) is 0 Å². The van der Waals surface area contributed by atoms with Crippen LogP contribution in [0, 0.1) is 6.92 Å². The van der Waals surface area contributed by atoms with Gasteiger partial charge in [0.1, 0.15) is 0 Å². The second-order valence-corrected chi connectivity index (χ2v) is 3.80. The first kappa shape index (κ1) is 8.94. The zero-order valence-corrected chi connectivity index (χ0v) is 8.34. The number of hydrogen-bond acceptors (Lipinski definition) is 3. The third kappa shape index (κ3) is 2.75. The third-order valence-electron chi connectivity index (χ3n) is 1.48. The summed E-state index contributed by atoms with van der Waals surface area (Å²) >= 11 is 5.91. The van der Waals surface area contributed by atoms with Crippen LogP contribution in [0.5, 0.6) is 0 Å². The van der Waals surface area contributed by atoms with E-state index in [4.69, 9.17) is 0 Å². The fourth-order valence-electron chi connectivity index (χ4n) is 0.835. The largest absolute Gasteiger partial charge is 0.377 e. The van der Waals surface area contributed by atoms with Gasteiger partial charge in [0.25, 0.3) is 0 Å². The van der Waals surface area contributed by atoms with Gasteiger partial charge in [-0.2, -0.15) is 12.6 Å². The summed E-state index contributed by atoms with van der Waals surface area (Å²) in [7, 11) is 0. The molecular formula is C8H13NS2. The smallest absolute Gasteiger partial charge is 0.0912 e. The fourth-order valence-corrected chi connectivity index (χ4v) is 1.84. The molecule has 0 saturated carbocycles. The monoisotopic (exact) mass is 187 g/mol. The molecule has 0 aromatic carbocycles. The van der Waals surface area contributed by atoms with Crippen LogP contribution in [0.2, 0.25) is 0 Å². The van der Waals surface area contributed by atoms with Crippen molar-refractivity contribution in [2.24, 2.45) is 0 Å². The molecule has 1 heterocycles. The van der Waals surface area contributed by atoms with E-state index in [0.717, 1.165) is 18.7 Å². The van der Waals surface area contributed by atoms with Gasteiger partial charge in [-0.05, 0) is 36.1 Å². The highest BCUT2D eigenvalue weighted by Gasteiger charge is 1.96. The molecule has 0 aliphatic carbocycles. The number of thiophene rings is 1. The summed E-state index contributed by atoms with van der Waals surface area (Å²) in [6, 6.07) is 2.13. The van der Waals surface area contributed by atoms with E-state index >= 15 is 0 Å². The maximum atomic E-state index is 4.14. The van der Waals surface area contributed by atoms with Gasteiger partial charge < -0.3 is 5.32 Å². The SMILES string of the molecule is Cc1ccsc1NCCCS. The molecule has 0 unspecified atom stereocenters. The van der Waals surface area contributed by atoms with E-state index in [1.54, 1.807) is 11.3 Å². The van der Waals surface area contributed by atoms with Crippen LogP contribution in [-0.4, -0.2) is 12.3 Å². The molecule has 0 spiro atoms. The van der Waals surface area contributed by atoms with Crippen molar-refractivity contribution in [1.29, 1.82) is 0 Å². The lowest BCUT2D eigenvalue weighted by Gasteiger charge is -2.02. The number of rotatable bonds is 4. The van der Waals surface area contributed by atoms with Crippen LogP contribution in [0.4, 0.5) is 5.00 Å². The minimum absolute atomic E-state index is 0.956. The Morgan fingerprint density at radius 3 is 3.00 bits per heavy atom. The van der Waals surface area contributed by atoms with Crippen molar-refractivity contribution >= 4 is 29.0 Å². The fraction of sp³-hybridized carbons (Fsp3) is 0.500. The van der Waals surface area contributed by atoms with Crippen LogP contribution in [0.25, 0.3) is 0 Å². The second kappa shape index (κ2) is 4.67. The maximum Gasteiger partial charge on any atom is 0.0912 e. The van der Waals surface area contributed by atoms with Gasteiger partial charge in [0.15, 0.2) is 0 Å². The Morgan fingerprint density at radius 1 is 1.64 bits per heavy atom. The molecule has 0 radical (unpaired) electrons. The first-order valence-electron chi connectivity index (χ1n) is 3.73. The van der Waals surface area contributed by atoms with Crippen molar-refractivity contribution in [2.45, 2.75) is 13.3 Å². The van der Waals surface area contributed by atoms with Gasteiger partial charge in [-0.25, -0.2) is 0 Å². The Bertz CT molecular complexity index is 208. The maximum absolute atomic E-state index is 4.14. The molecule has 11 heavy (non-hydrogen) atoms. The molecule has 1 rings (SSSR count). The minimum atomic E-state index is 0.956. The van der Waals surface area contributed by atoms with Gasteiger partial charge in [-0.15, -0.1) is 11.3 Å². The molecule has 0 saturated heterocycles. The molecule has 3 heteroatoms. The van der Waals surface area contributed by atoms with Crippen molar-refractivity contribution < 1.29 is 0 Å². The molecule has 1 aromatic heterocycles. The number of aryl methyl sites for hydroxylation is 1. The number of anilines is 1. The molecular weight excluding hydrogens is 174 g/mol. The summed E-state index contributed by atoms with van der Waals surface area (Å²) < 4.78 is 0. The van der Waals surface area contributed by atoms with Crippen LogP contribution >= 0.6 is 24.0 Å². The van der Waals surface area contributed by atoms with Crippen LogP contribution in [0.3, 0.4) is 0 Å². The average Bonchev–Trinajstić information content (AvgIpc) is 2.37. The average molecular weight is 187 g/mol. The molecule has 0 bridgehead atoms. The van der Waals surface area contributed by atoms with E-state index < -0.39 is 0 Å². The van der Waals surface area contributed by atoms with Crippen molar-refractivity contribution in [3.8, 4) is 0 Å². The van der Waals surface area contributed by atoms with Crippen LogP contribution < -0.4 is 5.32 Å². The molecule has 0 aliphatic rings. The normalized spacial score (nSPS) is 10.0. The van der Waals surface area contributed by atoms with Gasteiger partial charge >= 0.3 is 0 Å². The Morgan fingerprint density at radius 2 is 2.45 bits per heavy atom. The Balaban J connectivity index is 2.32. The molecule has 1 N–H and O–H groups in total. The molecule has 0 aliphatic heterocycles. The molecule has 1 aromatic rings. The van der Waals surface area contributed by atoms with E-state index in [2.05, 4.69) is 36.3 Å². The molecule has 62 valence electrons. The summed E-state index contributed by atoms with van der Waals surface area (Å²) in [4.78, 5) is 0. The van der Waals surface area contributed by atoms with Gasteiger partial charge in [-0.3, -0.25) is 0 Å².